The Morgan fingerprint density at radius 3 is 3.20 bits per heavy atom. The molecule has 0 amide bonds. The lowest BCUT2D eigenvalue weighted by Crippen LogP contribution is -2.37. The Bertz CT molecular complexity index is 291. The highest BCUT2D eigenvalue weighted by atomic mass is 16.5. The Labute approximate surface area is 90.1 Å². The van der Waals surface area contributed by atoms with Crippen molar-refractivity contribution in [3.63, 3.8) is 0 Å². The second-order valence-electron chi connectivity index (χ2n) is 3.98. The minimum Gasteiger partial charge on any atom is -0.378 e. The van der Waals surface area contributed by atoms with Gasteiger partial charge in [0, 0.05) is 37.8 Å². The Balaban J connectivity index is 1.78. The lowest BCUT2D eigenvalue weighted by Gasteiger charge is -2.27. The normalized spacial score (nSPS) is 26.5. The molecular formula is C11H17N3O. The number of rotatable bonds is 3. The highest BCUT2D eigenvalue weighted by Gasteiger charge is 2.18. The van der Waals surface area contributed by atoms with Crippen molar-refractivity contribution in [3.05, 3.63) is 24.3 Å². The molecule has 0 radical (unpaired) electrons. The summed E-state index contributed by atoms with van der Waals surface area (Å²) in [5.41, 5.74) is 0.997. The number of aromatic nitrogens is 2. The van der Waals surface area contributed by atoms with Crippen LogP contribution < -0.4 is 5.32 Å². The first-order valence-corrected chi connectivity index (χ1v) is 5.44. The Kier molecular flexibility index (Phi) is 3.64. The minimum absolute atomic E-state index is 0.373. The average molecular weight is 207 g/mol. The molecule has 1 aliphatic rings. The van der Waals surface area contributed by atoms with Gasteiger partial charge in [-0.3, -0.25) is 9.97 Å². The summed E-state index contributed by atoms with van der Waals surface area (Å²) in [6, 6.07) is 0.552. The highest BCUT2D eigenvalue weighted by Crippen LogP contribution is 2.13. The fraction of sp³-hybridized carbons (Fsp3) is 0.636. The number of ether oxygens (including phenoxy) is 1. The molecular weight excluding hydrogens is 190 g/mol. The van der Waals surface area contributed by atoms with Crippen LogP contribution in [-0.2, 0) is 11.3 Å². The molecule has 1 aromatic rings. The zero-order valence-electron chi connectivity index (χ0n) is 9.02. The number of nitrogens with zero attached hydrogens (tertiary/aromatic N) is 2. The first kappa shape index (κ1) is 10.5. The molecule has 4 nitrogen and oxygen atoms in total. The molecule has 0 saturated carbocycles. The number of hydrogen-bond acceptors (Lipinski definition) is 4. The first-order chi connectivity index (χ1) is 7.34. The molecule has 2 atom stereocenters. The van der Waals surface area contributed by atoms with E-state index in [4.69, 9.17) is 4.74 Å². The summed E-state index contributed by atoms with van der Waals surface area (Å²) < 4.78 is 5.49. The summed E-state index contributed by atoms with van der Waals surface area (Å²) in [6.45, 7) is 3.78. The Morgan fingerprint density at radius 2 is 2.47 bits per heavy atom. The third-order valence-electron chi connectivity index (χ3n) is 2.67. The standard InChI is InChI=1S/C11H17N3O/c1-9-6-10(2-5-15-9)14-8-11-7-12-3-4-13-11/h3-4,7,9-10,14H,2,5-6,8H2,1H3. The van der Waals surface area contributed by atoms with Crippen LogP contribution >= 0.6 is 0 Å². The molecule has 0 aromatic carbocycles. The minimum atomic E-state index is 0.373. The van der Waals surface area contributed by atoms with Crippen molar-refractivity contribution in [1.82, 2.24) is 15.3 Å². The van der Waals surface area contributed by atoms with Gasteiger partial charge in [-0.25, -0.2) is 0 Å². The maximum absolute atomic E-state index is 5.49. The fourth-order valence-electron chi connectivity index (χ4n) is 1.85. The molecule has 4 heteroatoms. The van der Waals surface area contributed by atoms with E-state index in [1.165, 1.54) is 0 Å². The van der Waals surface area contributed by atoms with Gasteiger partial charge in [-0.05, 0) is 19.8 Å². The maximum Gasteiger partial charge on any atom is 0.0724 e. The van der Waals surface area contributed by atoms with Gasteiger partial charge in [0.2, 0.25) is 0 Å². The van der Waals surface area contributed by atoms with Crippen molar-refractivity contribution in [2.24, 2.45) is 0 Å². The predicted molar refractivity (Wildman–Crippen MR) is 57.3 cm³/mol. The molecule has 2 heterocycles. The zero-order chi connectivity index (χ0) is 10.5. The average Bonchev–Trinajstić information content (AvgIpc) is 2.28. The van der Waals surface area contributed by atoms with E-state index in [0.717, 1.165) is 31.7 Å². The molecule has 0 bridgehead atoms. The lowest BCUT2D eigenvalue weighted by molar-refractivity contribution is 0.0130. The van der Waals surface area contributed by atoms with Crippen LogP contribution in [0.15, 0.2) is 18.6 Å². The van der Waals surface area contributed by atoms with Crippen LogP contribution in [0.25, 0.3) is 0 Å². The van der Waals surface area contributed by atoms with Gasteiger partial charge in [0.25, 0.3) is 0 Å². The van der Waals surface area contributed by atoms with Crippen molar-refractivity contribution >= 4 is 0 Å². The van der Waals surface area contributed by atoms with E-state index in [1.807, 2.05) is 0 Å². The van der Waals surface area contributed by atoms with Gasteiger partial charge in [-0.1, -0.05) is 0 Å². The summed E-state index contributed by atoms with van der Waals surface area (Å²) in [5.74, 6) is 0. The van der Waals surface area contributed by atoms with Crippen molar-refractivity contribution < 1.29 is 4.74 Å². The summed E-state index contributed by atoms with van der Waals surface area (Å²) in [5, 5.41) is 3.49. The van der Waals surface area contributed by atoms with E-state index in [1.54, 1.807) is 18.6 Å². The zero-order valence-corrected chi connectivity index (χ0v) is 9.02. The van der Waals surface area contributed by atoms with Crippen LogP contribution in [0.4, 0.5) is 0 Å². The van der Waals surface area contributed by atoms with E-state index in [2.05, 4.69) is 22.2 Å². The second kappa shape index (κ2) is 5.19. The van der Waals surface area contributed by atoms with Gasteiger partial charge in [0.05, 0.1) is 11.8 Å². The monoisotopic (exact) mass is 207 g/mol. The molecule has 1 N–H and O–H groups in total. The van der Waals surface area contributed by atoms with Gasteiger partial charge in [0.1, 0.15) is 0 Å². The van der Waals surface area contributed by atoms with Gasteiger partial charge >= 0.3 is 0 Å². The topological polar surface area (TPSA) is 47.0 Å². The first-order valence-electron chi connectivity index (χ1n) is 5.44. The molecule has 2 rings (SSSR count). The van der Waals surface area contributed by atoms with Gasteiger partial charge in [0.15, 0.2) is 0 Å². The lowest BCUT2D eigenvalue weighted by atomic mass is 10.0. The summed E-state index contributed by atoms with van der Waals surface area (Å²) in [7, 11) is 0. The fourth-order valence-corrected chi connectivity index (χ4v) is 1.85. The van der Waals surface area contributed by atoms with E-state index in [-0.39, 0.29) is 0 Å². The van der Waals surface area contributed by atoms with Crippen LogP contribution in [0.3, 0.4) is 0 Å². The van der Waals surface area contributed by atoms with E-state index < -0.39 is 0 Å². The van der Waals surface area contributed by atoms with E-state index >= 15 is 0 Å². The largest absolute Gasteiger partial charge is 0.378 e. The maximum atomic E-state index is 5.49. The van der Waals surface area contributed by atoms with Crippen molar-refractivity contribution in [2.75, 3.05) is 6.61 Å². The van der Waals surface area contributed by atoms with Crippen molar-refractivity contribution in [3.8, 4) is 0 Å². The van der Waals surface area contributed by atoms with E-state index in [0.29, 0.717) is 12.1 Å². The second-order valence-corrected chi connectivity index (χ2v) is 3.98. The van der Waals surface area contributed by atoms with Gasteiger partial charge in [-0.2, -0.15) is 0 Å². The van der Waals surface area contributed by atoms with Crippen molar-refractivity contribution in [1.29, 1.82) is 0 Å². The third kappa shape index (κ3) is 3.25. The Hall–Kier alpha value is -1.00. The van der Waals surface area contributed by atoms with Crippen LogP contribution in [0.2, 0.25) is 0 Å². The number of hydrogen-bond donors (Lipinski definition) is 1. The molecule has 0 aliphatic carbocycles. The van der Waals surface area contributed by atoms with Crippen molar-refractivity contribution in [2.45, 2.75) is 38.5 Å². The van der Waals surface area contributed by atoms with Crippen LogP contribution in [0.1, 0.15) is 25.5 Å². The van der Waals surface area contributed by atoms with Crippen LogP contribution in [0.5, 0.6) is 0 Å². The molecule has 1 saturated heterocycles. The quantitative estimate of drug-likeness (QED) is 0.807. The Morgan fingerprint density at radius 1 is 1.53 bits per heavy atom. The highest BCUT2D eigenvalue weighted by molar-refractivity contribution is 4.94. The molecule has 0 spiro atoms. The molecule has 15 heavy (non-hydrogen) atoms. The molecule has 1 aromatic heterocycles. The molecule has 82 valence electrons. The van der Waals surface area contributed by atoms with E-state index in [9.17, 15) is 0 Å². The van der Waals surface area contributed by atoms with Gasteiger partial charge < -0.3 is 10.1 Å². The SMILES string of the molecule is CC1CC(NCc2cnccn2)CCO1. The summed E-state index contributed by atoms with van der Waals surface area (Å²) >= 11 is 0. The predicted octanol–water partition coefficient (Wildman–Crippen LogP) is 1.13. The van der Waals surface area contributed by atoms with Gasteiger partial charge in [-0.15, -0.1) is 0 Å². The van der Waals surface area contributed by atoms with Crippen LogP contribution in [-0.4, -0.2) is 28.7 Å². The molecule has 1 aliphatic heterocycles. The summed E-state index contributed by atoms with van der Waals surface area (Å²) in [6.07, 6.45) is 7.77. The summed E-state index contributed by atoms with van der Waals surface area (Å²) in [4.78, 5) is 8.26. The third-order valence-corrected chi connectivity index (χ3v) is 2.67. The molecule has 2 unspecified atom stereocenters. The smallest absolute Gasteiger partial charge is 0.0724 e. The number of nitrogens with one attached hydrogen (secondary N) is 1. The molecule has 1 fully saturated rings. The van der Waals surface area contributed by atoms with Crippen LogP contribution in [0, 0.1) is 0 Å².